The molecule has 16 heavy (non-hydrogen) atoms. The van der Waals surface area contributed by atoms with Gasteiger partial charge < -0.3 is 10.2 Å². The molecular weight excluding hydrogens is 293 g/mol. The molecule has 2 aromatic rings. The molecule has 0 unspecified atom stereocenters. The zero-order valence-electron chi connectivity index (χ0n) is 7.87. The minimum Gasteiger partial charge on any atom is -0.419 e. The summed E-state index contributed by atoms with van der Waals surface area (Å²) in [5.41, 5.74) is 6.25. The van der Waals surface area contributed by atoms with Gasteiger partial charge in [0.15, 0.2) is 0 Å². The maximum atomic E-state index is 8.69. The van der Waals surface area contributed by atoms with Crippen molar-refractivity contribution in [2.75, 3.05) is 5.73 Å². The largest absolute Gasteiger partial charge is 0.419 e. The Bertz CT molecular complexity index is 588. The first-order valence-corrected chi connectivity index (χ1v) is 5.40. The van der Waals surface area contributed by atoms with E-state index in [1.54, 1.807) is 18.2 Å². The van der Waals surface area contributed by atoms with Crippen LogP contribution in [-0.2, 0) is 0 Å². The second-order valence-electron chi connectivity index (χ2n) is 2.97. The van der Waals surface area contributed by atoms with Crippen LogP contribution >= 0.6 is 27.5 Å². The number of hydrogen-bond donors (Lipinski definition) is 1. The number of halogens is 2. The maximum absolute atomic E-state index is 8.69. The van der Waals surface area contributed by atoms with Gasteiger partial charge in [-0.05, 0) is 34.1 Å². The van der Waals surface area contributed by atoms with Crippen molar-refractivity contribution in [2.45, 2.75) is 0 Å². The lowest BCUT2D eigenvalue weighted by Gasteiger charge is -1.98. The predicted octanol–water partition coefficient (Wildman–Crippen LogP) is 3.21. The summed E-state index contributed by atoms with van der Waals surface area (Å²) >= 11 is 9.15. The molecule has 0 aliphatic heterocycles. The second kappa shape index (κ2) is 4.16. The highest BCUT2D eigenvalue weighted by Gasteiger charge is 2.12. The molecule has 2 N–H and O–H groups in total. The van der Waals surface area contributed by atoms with Crippen LogP contribution in [0.2, 0.25) is 5.02 Å². The third-order valence-electron chi connectivity index (χ3n) is 1.93. The van der Waals surface area contributed by atoms with Gasteiger partial charge in [-0.15, -0.1) is 0 Å². The molecule has 0 fully saturated rings. The van der Waals surface area contributed by atoms with Crippen LogP contribution in [0.4, 0.5) is 5.88 Å². The molecule has 4 nitrogen and oxygen atoms in total. The Morgan fingerprint density at radius 3 is 2.81 bits per heavy atom. The Morgan fingerprint density at radius 2 is 2.25 bits per heavy atom. The lowest BCUT2D eigenvalue weighted by atomic mass is 10.2. The SMILES string of the molecule is N#Cc1nc(-c2ccc(Cl)c(Br)c2)oc1N. The fourth-order valence-electron chi connectivity index (χ4n) is 1.16. The zero-order valence-corrected chi connectivity index (χ0v) is 10.2. The van der Waals surface area contributed by atoms with Crippen molar-refractivity contribution >= 4 is 33.4 Å². The summed E-state index contributed by atoms with van der Waals surface area (Å²) in [5, 5.41) is 9.28. The molecule has 6 heteroatoms. The van der Waals surface area contributed by atoms with E-state index in [0.717, 1.165) is 4.47 Å². The summed E-state index contributed by atoms with van der Waals surface area (Å²) < 4.78 is 5.89. The minimum absolute atomic E-state index is 0.0172. The quantitative estimate of drug-likeness (QED) is 0.877. The highest BCUT2D eigenvalue weighted by molar-refractivity contribution is 9.10. The number of nitrogens with zero attached hydrogens (tertiary/aromatic N) is 2. The van der Waals surface area contributed by atoms with Crippen LogP contribution in [-0.4, -0.2) is 4.98 Å². The molecule has 0 spiro atoms. The summed E-state index contributed by atoms with van der Waals surface area (Å²) in [6.45, 7) is 0. The number of aromatic nitrogens is 1. The van der Waals surface area contributed by atoms with Gasteiger partial charge in [0, 0.05) is 10.0 Å². The summed E-state index contributed by atoms with van der Waals surface area (Å²) in [6.07, 6.45) is 0. The monoisotopic (exact) mass is 297 g/mol. The first kappa shape index (κ1) is 11.0. The lowest BCUT2D eigenvalue weighted by molar-refractivity contribution is 0.593. The smallest absolute Gasteiger partial charge is 0.230 e. The molecule has 80 valence electrons. The van der Waals surface area contributed by atoms with Crippen LogP contribution in [0.15, 0.2) is 27.1 Å². The number of nitriles is 1. The fourth-order valence-corrected chi connectivity index (χ4v) is 1.66. The first-order chi connectivity index (χ1) is 7.61. The van der Waals surface area contributed by atoms with E-state index in [2.05, 4.69) is 20.9 Å². The summed E-state index contributed by atoms with van der Waals surface area (Å²) in [4.78, 5) is 3.95. The van der Waals surface area contributed by atoms with Gasteiger partial charge in [-0.2, -0.15) is 10.2 Å². The van der Waals surface area contributed by atoms with E-state index in [9.17, 15) is 0 Å². The summed E-state index contributed by atoms with van der Waals surface area (Å²) in [5.74, 6) is 0.315. The fraction of sp³-hybridized carbons (Fsp3) is 0. The number of nitrogen functional groups attached to an aromatic ring is 1. The third kappa shape index (κ3) is 1.90. The Balaban J connectivity index is 2.51. The normalized spacial score (nSPS) is 10.1. The van der Waals surface area contributed by atoms with Gasteiger partial charge in [0.25, 0.3) is 0 Å². The van der Waals surface area contributed by atoms with Crippen LogP contribution in [0.3, 0.4) is 0 Å². The van der Waals surface area contributed by atoms with Crippen molar-refractivity contribution in [3.63, 3.8) is 0 Å². The first-order valence-electron chi connectivity index (χ1n) is 4.23. The Labute approximate surface area is 105 Å². The Hall–Kier alpha value is -1.51. The molecule has 0 saturated carbocycles. The topological polar surface area (TPSA) is 75.8 Å². The van der Waals surface area contributed by atoms with Crippen LogP contribution in [0.1, 0.15) is 5.69 Å². The minimum atomic E-state index is 0.0172. The molecule has 2 rings (SSSR count). The average Bonchev–Trinajstić information content (AvgIpc) is 2.64. The molecule has 0 aliphatic carbocycles. The highest BCUT2D eigenvalue weighted by Crippen LogP contribution is 2.29. The van der Waals surface area contributed by atoms with E-state index in [4.69, 9.17) is 27.0 Å². The molecule has 0 atom stereocenters. The molecule has 0 amide bonds. The Morgan fingerprint density at radius 1 is 1.50 bits per heavy atom. The van der Waals surface area contributed by atoms with E-state index < -0.39 is 0 Å². The number of rotatable bonds is 1. The van der Waals surface area contributed by atoms with Crippen molar-refractivity contribution in [3.8, 4) is 17.5 Å². The standard InChI is InChI=1S/C10H5BrClN3O/c11-6-3-5(1-2-7(6)12)10-15-8(4-13)9(14)16-10/h1-3H,14H2. The van der Waals surface area contributed by atoms with E-state index in [1.165, 1.54) is 0 Å². The van der Waals surface area contributed by atoms with Crippen molar-refractivity contribution < 1.29 is 4.42 Å². The van der Waals surface area contributed by atoms with Crippen molar-refractivity contribution in [1.29, 1.82) is 5.26 Å². The van der Waals surface area contributed by atoms with Crippen LogP contribution < -0.4 is 5.73 Å². The van der Waals surface area contributed by atoms with Crippen LogP contribution in [0, 0.1) is 11.3 Å². The maximum Gasteiger partial charge on any atom is 0.230 e. The van der Waals surface area contributed by atoms with Gasteiger partial charge in [0.2, 0.25) is 17.5 Å². The summed E-state index contributed by atoms with van der Waals surface area (Å²) in [6, 6.07) is 7.03. The molecule has 1 heterocycles. The molecule has 0 saturated heterocycles. The molecule has 1 aromatic carbocycles. The zero-order chi connectivity index (χ0) is 11.7. The number of anilines is 1. The van der Waals surface area contributed by atoms with Gasteiger partial charge in [-0.3, -0.25) is 0 Å². The van der Waals surface area contributed by atoms with E-state index >= 15 is 0 Å². The third-order valence-corrected chi connectivity index (χ3v) is 3.14. The lowest BCUT2D eigenvalue weighted by Crippen LogP contribution is -1.84. The predicted molar refractivity (Wildman–Crippen MR) is 63.8 cm³/mol. The molecule has 0 bridgehead atoms. The average molecular weight is 299 g/mol. The van der Waals surface area contributed by atoms with E-state index in [0.29, 0.717) is 16.5 Å². The van der Waals surface area contributed by atoms with Gasteiger partial charge in [-0.1, -0.05) is 11.6 Å². The molecular formula is C10H5BrClN3O. The molecule has 0 aliphatic rings. The number of hydrogen-bond acceptors (Lipinski definition) is 4. The highest BCUT2D eigenvalue weighted by atomic mass is 79.9. The van der Waals surface area contributed by atoms with Gasteiger partial charge in [0.1, 0.15) is 6.07 Å². The van der Waals surface area contributed by atoms with Crippen LogP contribution in [0.5, 0.6) is 0 Å². The molecule has 1 aromatic heterocycles. The number of oxazole rings is 1. The van der Waals surface area contributed by atoms with E-state index in [-0.39, 0.29) is 11.6 Å². The van der Waals surface area contributed by atoms with Gasteiger partial charge in [-0.25, -0.2) is 0 Å². The van der Waals surface area contributed by atoms with E-state index in [1.807, 2.05) is 6.07 Å². The van der Waals surface area contributed by atoms with Crippen molar-refractivity contribution in [2.24, 2.45) is 0 Å². The Kier molecular flexibility index (Phi) is 2.86. The second-order valence-corrected chi connectivity index (χ2v) is 4.23. The van der Waals surface area contributed by atoms with Gasteiger partial charge in [0.05, 0.1) is 5.02 Å². The van der Waals surface area contributed by atoms with Gasteiger partial charge >= 0.3 is 0 Å². The molecule has 0 radical (unpaired) electrons. The number of benzene rings is 1. The number of nitrogens with two attached hydrogens (primary N) is 1. The summed E-state index contributed by atoms with van der Waals surface area (Å²) in [7, 11) is 0. The van der Waals surface area contributed by atoms with Crippen molar-refractivity contribution in [1.82, 2.24) is 4.98 Å². The van der Waals surface area contributed by atoms with Crippen molar-refractivity contribution in [3.05, 3.63) is 33.4 Å². The van der Waals surface area contributed by atoms with Crippen LogP contribution in [0.25, 0.3) is 11.5 Å².